The van der Waals surface area contributed by atoms with Crippen LogP contribution in [-0.4, -0.2) is 49.0 Å². The Morgan fingerprint density at radius 1 is 1.06 bits per heavy atom. The zero-order chi connectivity index (χ0) is 24.2. The van der Waals surface area contributed by atoms with Gasteiger partial charge in [-0.15, -0.1) is 0 Å². The zero-order valence-corrected chi connectivity index (χ0v) is 18.7. The summed E-state index contributed by atoms with van der Waals surface area (Å²) in [6, 6.07) is 9.91. The first kappa shape index (κ1) is 21.9. The van der Waals surface area contributed by atoms with Crippen molar-refractivity contribution >= 4 is 16.8 Å². The fraction of sp³-hybridized carbons (Fsp3) is 0.304. The molecule has 0 radical (unpaired) electrons. The molecule has 1 amide bonds. The van der Waals surface area contributed by atoms with Crippen LogP contribution in [-0.2, 0) is 33.2 Å². The largest absolute Gasteiger partial charge is 0.481 e. The number of aryl methyl sites for hydroxylation is 2. The van der Waals surface area contributed by atoms with Crippen LogP contribution in [0.1, 0.15) is 27.3 Å². The molecule has 0 aliphatic carbocycles. The molecule has 0 atom stereocenters. The van der Waals surface area contributed by atoms with Crippen LogP contribution in [0.3, 0.4) is 0 Å². The summed E-state index contributed by atoms with van der Waals surface area (Å²) in [4.78, 5) is 19.3. The second kappa shape index (κ2) is 7.86. The van der Waals surface area contributed by atoms with Crippen molar-refractivity contribution in [2.75, 3.05) is 13.7 Å². The van der Waals surface area contributed by atoms with Crippen LogP contribution in [0.25, 0.3) is 22.3 Å². The van der Waals surface area contributed by atoms with E-state index in [9.17, 15) is 18.0 Å². The van der Waals surface area contributed by atoms with Crippen molar-refractivity contribution in [3.05, 3.63) is 58.9 Å². The second-order valence-electron chi connectivity index (χ2n) is 8.17. The molecule has 0 unspecified atom stereocenters. The molecule has 0 fully saturated rings. The molecule has 176 valence electrons. The summed E-state index contributed by atoms with van der Waals surface area (Å²) in [5, 5.41) is 8.95. The molecule has 0 spiro atoms. The van der Waals surface area contributed by atoms with E-state index in [4.69, 9.17) is 4.74 Å². The molecule has 11 heteroatoms. The Hall–Kier alpha value is -3.89. The minimum absolute atomic E-state index is 0.143. The van der Waals surface area contributed by atoms with Gasteiger partial charge >= 0.3 is 6.18 Å². The molecule has 0 saturated carbocycles. The Morgan fingerprint density at radius 2 is 1.85 bits per heavy atom. The third-order valence-corrected chi connectivity index (χ3v) is 6.02. The number of aromatic nitrogens is 5. The maximum atomic E-state index is 13.2. The van der Waals surface area contributed by atoms with Crippen molar-refractivity contribution in [1.82, 2.24) is 29.4 Å². The third kappa shape index (κ3) is 3.66. The number of nitrogens with zero attached hydrogens (tertiary/aromatic N) is 6. The van der Waals surface area contributed by atoms with E-state index in [2.05, 4.69) is 15.2 Å². The van der Waals surface area contributed by atoms with Crippen LogP contribution in [0.5, 0.6) is 5.88 Å². The lowest BCUT2D eigenvalue weighted by molar-refractivity contribution is -0.141. The number of halogens is 3. The predicted octanol–water partition coefficient (Wildman–Crippen LogP) is 3.59. The van der Waals surface area contributed by atoms with Crippen LogP contribution in [0.15, 0.2) is 36.4 Å². The average Bonchev–Trinajstić information content (AvgIpc) is 3.35. The highest BCUT2D eigenvalue weighted by Crippen LogP contribution is 2.35. The maximum absolute atomic E-state index is 13.2. The molecule has 0 saturated heterocycles. The highest BCUT2D eigenvalue weighted by atomic mass is 19.4. The summed E-state index contributed by atoms with van der Waals surface area (Å²) < 4.78 is 47.4. The van der Waals surface area contributed by atoms with Crippen molar-refractivity contribution in [2.24, 2.45) is 14.1 Å². The van der Waals surface area contributed by atoms with Gasteiger partial charge in [-0.25, -0.2) is 4.98 Å². The summed E-state index contributed by atoms with van der Waals surface area (Å²) >= 11 is 0. The highest BCUT2D eigenvalue weighted by Gasteiger charge is 2.36. The zero-order valence-electron chi connectivity index (χ0n) is 18.7. The highest BCUT2D eigenvalue weighted by molar-refractivity contribution is 5.98. The molecular formula is C23H21F3N6O2. The van der Waals surface area contributed by atoms with Gasteiger partial charge in [-0.3, -0.25) is 14.2 Å². The monoisotopic (exact) mass is 470 g/mol. The van der Waals surface area contributed by atoms with Crippen LogP contribution < -0.4 is 4.74 Å². The average molecular weight is 470 g/mol. The quantitative estimate of drug-likeness (QED) is 0.457. The summed E-state index contributed by atoms with van der Waals surface area (Å²) in [5.41, 5.74) is 2.72. The summed E-state index contributed by atoms with van der Waals surface area (Å²) in [6.45, 7) is 0.693. The molecule has 0 N–H and O–H groups in total. The van der Waals surface area contributed by atoms with E-state index in [1.54, 1.807) is 48.0 Å². The SMILES string of the molecule is COc1ccc2cc(C(=O)N3CCc4c(nn(C)c4-c4cc(C(F)(F)F)nn4C)C3)ccc2n1. The first-order chi connectivity index (χ1) is 16.2. The van der Waals surface area contributed by atoms with E-state index in [1.165, 1.54) is 11.7 Å². The van der Waals surface area contributed by atoms with Crippen molar-refractivity contribution < 1.29 is 22.7 Å². The minimum Gasteiger partial charge on any atom is -0.481 e. The standard InChI is InChI=1S/C23H21F3N6O2/c1-30-18(11-19(29-30)23(24,25)26)21-15-8-9-32(12-17(15)28-31(21)2)22(33)14-4-6-16-13(10-14)5-7-20(27-16)34-3/h4-7,10-11H,8-9,12H2,1-3H3. The van der Waals surface area contributed by atoms with Gasteiger partial charge < -0.3 is 9.64 Å². The number of alkyl halides is 3. The lowest BCUT2D eigenvalue weighted by Gasteiger charge is -2.26. The number of carbonyl (C=O) groups is 1. The molecule has 8 nitrogen and oxygen atoms in total. The van der Waals surface area contributed by atoms with Gasteiger partial charge in [0.15, 0.2) is 5.69 Å². The first-order valence-electron chi connectivity index (χ1n) is 10.6. The van der Waals surface area contributed by atoms with E-state index in [0.717, 1.165) is 22.5 Å². The number of amides is 1. The number of methoxy groups -OCH3 is 1. The number of pyridine rings is 1. The molecule has 4 aromatic rings. The Balaban J connectivity index is 1.43. The lowest BCUT2D eigenvalue weighted by atomic mass is 10.0. The summed E-state index contributed by atoms with van der Waals surface area (Å²) in [5.74, 6) is 0.354. The molecular weight excluding hydrogens is 449 g/mol. The lowest BCUT2D eigenvalue weighted by Crippen LogP contribution is -2.36. The number of fused-ring (bicyclic) bond motifs is 2. The van der Waals surface area contributed by atoms with Crippen molar-refractivity contribution in [2.45, 2.75) is 19.1 Å². The van der Waals surface area contributed by atoms with E-state index >= 15 is 0 Å². The number of carbonyl (C=O) groups excluding carboxylic acids is 1. The molecule has 0 bridgehead atoms. The molecule has 4 heterocycles. The summed E-state index contributed by atoms with van der Waals surface area (Å²) in [6.07, 6.45) is -4.05. The Bertz CT molecular complexity index is 1420. The topological polar surface area (TPSA) is 78.1 Å². The van der Waals surface area contributed by atoms with Gasteiger partial charge in [0, 0.05) is 43.2 Å². The smallest absolute Gasteiger partial charge is 0.435 e. The van der Waals surface area contributed by atoms with E-state index < -0.39 is 11.9 Å². The van der Waals surface area contributed by atoms with E-state index in [1.807, 2.05) is 6.07 Å². The van der Waals surface area contributed by atoms with Crippen molar-refractivity contribution in [3.63, 3.8) is 0 Å². The van der Waals surface area contributed by atoms with E-state index in [0.29, 0.717) is 41.5 Å². The minimum atomic E-state index is -4.53. The van der Waals surface area contributed by atoms with Crippen LogP contribution in [0.2, 0.25) is 0 Å². The molecule has 1 aliphatic rings. The number of hydrogen-bond donors (Lipinski definition) is 0. The molecule has 34 heavy (non-hydrogen) atoms. The van der Waals surface area contributed by atoms with Crippen molar-refractivity contribution in [1.29, 1.82) is 0 Å². The van der Waals surface area contributed by atoms with Crippen LogP contribution >= 0.6 is 0 Å². The fourth-order valence-corrected chi connectivity index (χ4v) is 4.38. The van der Waals surface area contributed by atoms with Crippen molar-refractivity contribution in [3.8, 4) is 17.3 Å². The summed E-state index contributed by atoms with van der Waals surface area (Å²) in [7, 11) is 4.71. The Labute approximate surface area is 192 Å². The Kier molecular flexibility index (Phi) is 5.07. The van der Waals surface area contributed by atoms with Gasteiger partial charge in [0.05, 0.1) is 36.3 Å². The van der Waals surface area contributed by atoms with Gasteiger partial charge in [-0.1, -0.05) is 0 Å². The number of benzene rings is 1. The number of hydrogen-bond acceptors (Lipinski definition) is 5. The fourth-order valence-electron chi connectivity index (χ4n) is 4.38. The van der Waals surface area contributed by atoms with Crippen LogP contribution in [0.4, 0.5) is 13.2 Å². The van der Waals surface area contributed by atoms with Gasteiger partial charge in [-0.05, 0) is 36.8 Å². The van der Waals surface area contributed by atoms with Gasteiger partial charge in [0.2, 0.25) is 5.88 Å². The molecule has 1 aromatic carbocycles. The van der Waals surface area contributed by atoms with Crippen LogP contribution in [0, 0.1) is 0 Å². The normalized spacial score (nSPS) is 13.9. The number of ether oxygens (including phenoxy) is 1. The molecule has 1 aliphatic heterocycles. The second-order valence-corrected chi connectivity index (χ2v) is 8.17. The third-order valence-electron chi connectivity index (χ3n) is 6.02. The Morgan fingerprint density at radius 3 is 2.56 bits per heavy atom. The first-order valence-corrected chi connectivity index (χ1v) is 10.6. The maximum Gasteiger partial charge on any atom is 0.435 e. The molecule has 5 rings (SSSR count). The van der Waals surface area contributed by atoms with E-state index in [-0.39, 0.29) is 12.5 Å². The number of rotatable bonds is 3. The van der Waals surface area contributed by atoms with Gasteiger partial charge in [0.25, 0.3) is 5.91 Å². The molecule has 3 aromatic heterocycles. The van der Waals surface area contributed by atoms with Gasteiger partial charge in [-0.2, -0.15) is 23.4 Å². The van der Waals surface area contributed by atoms with Gasteiger partial charge in [0.1, 0.15) is 0 Å². The predicted molar refractivity (Wildman–Crippen MR) is 117 cm³/mol.